The Morgan fingerprint density at radius 2 is 2.08 bits per heavy atom. The summed E-state index contributed by atoms with van der Waals surface area (Å²) >= 11 is 0. The van der Waals surface area contributed by atoms with Gasteiger partial charge in [0.05, 0.1) is 12.7 Å². The summed E-state index contributed by atoms with van der Waals surface area (Å²) in [4.78, 5) is 0. The van der Waals surface area contributed by atoms with Gasteiger partial charge in [0, 0.05) is 6.04 Å². The zero-order valence-corrected chi connectivity index (χ0v) is 8.47. The zero-order valence-electron chi connectivity index (χ0n) is 8.47. The molecule has 72 valence electrons. The van der Waals surface area contributed by atoms with Crippen molar-refractivity contribution in [1.82, 2.24) is 5.32 Å². The SMILES string of the molecule is C=CCOC(C)CCNC(C)C. The molecule has 1 atom stereocenters. The quantitative estimate of drug-likeness (QED) is 0.591. The normalized spacial score (nSPS) is 13.3. The second-order valence-electron chi connectivity index (χ2n) is 3.33. The van der Waals surface area contributed by atoms with Gasteiger partial charge in [-0.3, -0.25) is 0 Å². The van der Waals surface area contributed by atoms with Gasteiger partial charge in [0.1, 0.15) is 0 Å². The molecular weight excluding hydrogens is 150 g/mol. The van der Waals surface area contributed by atoms with Gasteiger partial charge in [0.15, 0.2) is 0 Å². The van der Waals surface area contributed by atoms with Crippen LogP contribution in [0.15, 0.2) is 12.7 Å². The first kappa shape index (κ1) is 11.7. The molecule has 0 aliphatic rings. The standard InChI is InChI=1S/C10H21NO/c1-5-8-12-10(4)6-7-11-9(2)3/h5,9-11H,1,6-8H2,2-4H3. The lowest BCUT2D eigenvalue weighted by molar-refractivity contribution is 0.0817. The number of hydrogen-bond donors (Lipinski definition) is 1. The lowest BCUT2D eigenvalue weighted by atomic mass is 10.2. The molecule has 2 nitrogen and oxygen atoms in total. The molecule has 0 saturated carbocycles. The largest absolute Gasteiger partial charge is 0.374 e. The Kier molecular flexibility index (Phi) is 7.11. The molecule has 0 saturated heterocycles. The molecule has 0 fully saturated rings. The van der Waals surface area contributed by atoms with E-state index in [0.717, 1.165) is 13.0 Å². The van der Waals surface area contributed by atoms with Crippen molar-refractivity contribution in [3.8, 4) is 0 Å². The summed E-state index contributed by atoms with van der Waals surface area (Å²) in [5, 5.41) is 3.35. The highest BCUT2D eigenvalue weighted by atomic mass is 16.5. The molecule has 0 rings (SSSR count). The Bertz CT molecular complexity index is 112. The molecule has 0 heterocycles. The van der Waals surface area contributed by atoms with Gasteiger partial charge in [0.25, 0.3) is 0 Å². The van der Waals surface area contributed by atoms with E-state index < -0.39 is 0 Å². The predicted molar refractivity (Wildman–Crippen MR) is 53.4 cm³/mol. The highest BCUT2D eigenvalue weighted by molar-refractivity contribution is 4.66. The minimum absolute atomic E-state index is 0.328. The van der Waals surface area contributed by atoms with E-state index in [4.69, 9.17) is 4.74 Å². The van der Waals surface area contributed by atoms with E-state index in [9.17, 15) is 0 Å². The van der Waals surface area contributed by atoms with Crippen LogP contribution in [0.4, 0.5) is 0 Å². The van der Waals surface area contributed by atoms with Crippen molar-refractivity contribution in [2.45, 2.75) is 39.3 Å². The first-order valence-corrected chi connectivity index (χ1v) is 4.62. The maximum Gasteiger partial charge on any atom is 0.0648 e. The van der Waals surface area contributed by atoms with Crippen LogP contribution in [0.25, 0.3) is 0 Å². The Hall–Kier alpha value is -0.340. The fourth-order valence-electron chi connectivity index (χ4n) is 0.891. The highest BCUT2D eigenvalue weighted by Gasteiger charge is 2.00. The van der Waals surface area contributed by atoms with Gasteiger partial charge in [-0.2, -0.15) is 0 Å². The monoisotopic (exact) mass is 171 g/mol. The molecule has 1 N–H and O–H groups in total. The first-order valence-electron chi connectivity index (χ1n) is 4.62. The maximum absolute atomic E-state index is 5.41. The van der Waals surface area contributed by atoms with E-state index in [-0.39, 0.29) is 0 Å². The third kappa shape index (κ3) is 7.76. The van der Waals surface area contributed by atoms with Crippen LogP contribution in [-0.2, 0) is 4.74 Å². The van der Waals surface area contributed by atoms with Crippen LogP contribution in [0.2, 0.25) is 0 Å². The molecule has 0 aliphatic carbocycles. The smallest absolute Gasteiger partial charge is 0.0648 e. The van der Waals surface area contributed by atoms with Gasteiger partial charge in [-0.25, -0.2) is 0 Å². The first-order chi connectivity index (χ1) is 5.66. The van der Waals surface area contributed by atoms with Gasteiger partial charge < -0.3 is 10.1 Å². The molecule has 0 aliphatic heterocycles. The summed E-state index contributed by atoms with van der Waals surface area (Å²) < 4.78 is 5.41. The number of ether oxygens (including phenoxy) is 1. The van der Waals surface area contributed by atoms with Crippen molar-refractivity contribution in [3.63, 3.8) is 0 Å². The number of nitrogens with one attached hydrogen (secondary N) is 1. The Labute approximate surface area is 76.0 Å². The van der Waals surface area contributed by atoms with E-state index in [0.29, 0.717) is 18.8 Å². The van der Waals surface area contributed by atoms with Crippen LogP contribution in [0.3, 0.4) is 0 Å². The highest BCUT2D eigenvalue weighted by Crippen LogP contribution is 1.95. The number of hydrogen-bond acceptors (Lipinski definition) is 2. The summed E-state index contributed by atoms with van der Waals surface area (Å²) in [6, 6.07) is 0.566. The van der Waals surface area contributed by atoms with E-state index in [1.54, 1.807) is 6.08 Å². The summed E-state index contributed by atoms with van der Waals surface area (Å²) in [5.41, 5.74) is 0. The second kappa shape index (κ2) is 7.32. The van der Waals surface area contributed by atoms with Crippen LogP contribution in [0, 0.1) is 0 Å². The molecule has 0 radical (unpaired) electrons. The third-order valence-corrected chi connectivity index (χ3v) is 1.60. The van der Waals surface area contributed by atoms with Crippen molar-refractivity contribution in [1.29, 1.82) is 0 Å². The second-order valence-corrected chi connectivity index (χ2v) is 3.33. The van der Waals surface area contributed by atoms with Crippen LogP contribution >= 0.6 is 0 Å². The number of rotatable bonds is 7. The van der Waals surface area contributed by atoms with Gasteiger partial charge in [-0.15, -0.1) is 6.58 Å². The topological polar surface area (TPSA) is 21.3 Å². The van der Waals surface area contributed by atoms with E-state index in [2.05, 4.69) is 32.7 Å². The Morgan fingerprint density at radius 3 is 2.58 bits per heavy atom. The lowest BCUT2D eigenvalue weighted by Gasteiger charge is -2.13. The van der Waals surface area contributed by atoms with Gasteiger partial charge in [-0.05, 0) is 19.9 Å². The van der Waals surface area contributed by atoms with Crippen molar-refractivity contribution in [2.24, 2.45) is 0 Å². The van der Waals surface area contributed by atoms with Crippen molar-refractivity contribution in [3.05, 3.63) is 12.7 Å². The average molecular weight is 171 g/mol. The Balaban J connectivity index is 3.18. The van der Waals surface area contributed by atoms with Crippen molar-refractivity contribution in [2.75, 3.05) is 13.2 Å². The van der Waals surface area contributed by atoms with E-state index in [1.165, 1.54) is 0 Å². The zero-order chi connectivity index (χ0) is 9.40. The molecule has 0 spiro atoms. The molecule has 12 heavy (non-hydrogen) atoms. The van der Waals surface area contributed by atoms with Gasteiger partial charge in [-0.1, -0.05) is 19.9 Å². The van der Waals surface area contributed by atoms with Crippen molar-refractivity contribution < 1.29 is 4.74 Å². The van der Waals surface area contributed by atoms with Crippen LogP contribution in [0.5, 0.6) is 0 Å². The molecule has 0 bridgehead atoms. The minimum atomic E-state index is 0.328. The maximum atomic E-state index is 5.41. The van der Waals surface area contributed by atoms with Crippen molar-refractivity contribution >= 4 is 0 Å². The fourth-order valence-corrected chi connectivity index (χ4v) is 0.891. The predicted octanol–water partition coefficient (Wildman–Crippen LogP) is 1.97. The fraction of sp³-hybridized carbons (Fsp3) is 0.800. The summed E-state index contributed by atoms with van der Waals surface area (Å²) in [6.45, 7) is 11.7. The molecule has 0 aromatic carbocycles. The van der Waals surface area contributed by atoms with E-state index in [1.807, 2.05) is 0 Å². The average Bonchev–Trinajstić information content (AvgIpc) is 2.00. The Morgan fingerprint density at radius 1 is 1.42 bits per heavy atom. The van der Waals surface area contributed by atoms with Crippen LogP contribution < -0.4 is 5.32 Å². The summed E-state index contributed by atoms with van der Waals surface area (Å²) in [6.07, 6.45) is 3.17. The minimum Gasteiger partial charge on any atom is -0.374 e. The molecule has 0 amide bonds. The van der Waals surface area contributed by atoms with Gasteiger partial charge >= 0.3 is 0 Å². The lowest BCUT2D eigenvalue weighted by Crippen LogP contribution is -2.26. The van der Waals surface area contributed by atoms with Crippen LogP contribution in [-0.4, -0.2) is 25.3 Å². The van der Waals surface area contributed by atoms with Gasteiger partial charge in [0.2, 0.25) is 0 Å². The molecule has 0 aromatic heterocycles. The molecule has 0 aromatic rings. The molecular formula is C10H21NO. The molecule has 2 heteroatoms. The van der Waals surface area contributed by atoms with Crippen LogP contribution in [0.1, 0.15) is 27.2 Å². The summed E-state index contributed by atoms with van der Waals surface area (Å²) in [7, 11) is 0. The summed E-state index contributed by atoms with van der Waals surface area (Å²) in [5.74, 6) is 0. The van der Waals surface area contributed by atoms with E-state index >= 15 is 0 Å². The third-order valence-electron chi connectivity index (χ3n) is 1.60. The molecule has 1 unspecified atom stereocenters.